The summed E-state index contributed by atoms with van der Waals surface area (Å²) in [6.07, 6.45) is -0.0978. The Morgan fingerprint density at radius 1 is 0.875 bits per heavy atom. The smallest absolute Gasteiger partial charge is 0.308 e. The fourth-order valence-corrected chi connectivity index (χ4v) is 3.28. The van der Waals surface area contributed by atoms with E-state index in [0.717, 1.165) is 16.7 Å². The van der Waals surface area contributed by atoms with Gasteiger partial charge in [-0.05, 0) is 43.2 Å². The quantitative estimate of drug-likeness (QED) is 0.521. The van der Waals surface area contributed by atoms with Crippen LogP contribution in [-0.4, -0.2) is 24.4 Å². The first-order chi connectivity index (χ1) is 15.4. The lowest BCUT2D eigenvalue weighted by Gasteiger charge is -2.19. The maximum atomic E-state index is 12.6. The minimum Gasteiger partial charge on any atom is -0.455 e. The van der Waals surface area contributed by atoms with Gasteiger partial charge in [0.05, 0.1) is 12.5 Å². The van der Waals surface area contributed by atoms with E-state index in [-0.39, 0.29) is 12.3 Å². The molecule has 3 aromatic rings. The summed E-state index contributed by atoms with van der Waals surface area (Å²) in [7, 11) is 0. The molecular formula is C26H26N2O4. The van der Waals surface area contributed by atoms with Gasteiger partial charge >= 0.3 is 5.97 Å². The Bertz CT molecular complexity index is 1080. The third-order valence-electron chi connectivity index (χ3n) is 4.93. The molecule has 0 aromatic heterocycles. The van der Waals surface area contributed by atoms with Crippen LogP contribution < -0.4 is 10.6 Å². The van der Waals surface area contributed by atoms with Gasteiger partial charge in [-0.25, -0.2) is 0 Å². The number of hydrogen-bond acceptors (Lipinski definition) is 4. The van der Waals surface area contributed by atoms with Gasteiger partial charge in [0.2, 0.25) is 0 Å². The fourth-order valence-electron chi connectivity index (χ4n) is 3.28. The van der Waals surface area contributed by atoms with Gasteiger partial charge in [-0.3, -0.25) is 14.4 Å². The number of carbonyl (C=O) groups is 3. The normalized spacial score (nSPS) is 11.3. The van der Waals surface area contributed by atoms with Crippen molar-refractivity contribution in [3.63, 3.8) is 0 Å². The van der Waals surface area contributed by atoms with Crippen molar-refractivity contribution in [2.24, 2.45) is 0 Å². The number of rotatable bonds is 8. The number of benzene rings is 3. The highest BCUT2D eigenvalue weighted by molar-refractivity contribution is 5.95. The first-order valence-corrected chi connectivity index (χ1v) is 10.4. The van der Waals surface area contributed by atoms with Crippen LogP contribution in [0.5, 0.6) is 0 Å². The molecule has 2 amide bonds. The first-order valence-electron chi connectivity index (χ1n) is 10.4. The Balaban J connectivity index is 1.59. The van der Waals surface area contributed by atoms with E-state index >= 15 is 0 Å². The van der Waals surface area contributed by atoms with Gasteiger partial charge in [0, 0.05) is 11.3 Å². The van der Waals surface area contributed by atoms with E-state index in [1.807, 2.05) is 68.4 Å². The topological polar surface area (TPSA) is 84.5 Å². The second-order valence-corrected chi connectivity index (χ2v) is 7.53. The molecule has 164 valence electrons. The van der Waals surface area contributed by atoms with Crippen molar-refractivity contribution in [1.29, 1.82) is 0 Å². The van der Waals surface area contributed by atoms with Crippen LogP contribution in [0.2, 0.25) is 0 Å². The fraction of sp³-hybridized carbons (Fsp3) is 0.192. The van der Waals surface area contributed by atoms with E-state index in [2.05, 4.69) is 10.6 Å². The van der Waals surface area contributed by atoms with Crippen molar-refractivity contribution in [3.8, 4) is 0 Å². The van der Waals surface area contributed by atoms with Crippen LogP contribution in [0, 0.1) is 13.8 Å². The minimum absolute atomic E-state index is 0.0978. The van der Waals surface area contributed by atoms with Crippen LogP contribution in [0.1, 0.15) is 39.5 Å². The number of amides is 2. The van der Waals surface area contributed by atoms with Crippen LogP contribution in [0.4, 0.5) is 5.69 Å². The van der Waals surface area contributed by atoms with E-state index in [0.29, 0.717) is 11.3 Å². The largest absolute Gasteiger partial charge is 0.455 e. The first kappa shape index (κ1) is 22.7. The van der Waals surface area contributed by atoms with Crippen LogP contribution >= 0.6 is 0 Å². The SMILES string of the molecule is Cc1ccc(NC(=O)COC(=O)CC(NC(=O)c2ccccc2)c2ccccc2)c(C)c1. The minimum atomic E-state index is -0.584. The van der Waals surface area contributed by atoms with Gasteiger partial charge in [-0.15, -0.1) is 0 Å². The van der Waals surface area contributed by atoms with Crippen molar-refractivity contribution in [2.45, 2.75) is 26.3 Å². The summed E-state index contributed by atoms with van der Waals surface area (Å²) in [6.45, 7) is 3.47. The Morgan fingerprint density at radius 3 is 2.19 bits per heavy atom. The van der Waals surface area contributed by atoms with E-state index in [1.165, 1.54) is 0 Å². The van der Waals surface area contributed by atoms with Gasteiger partial charge in [-0.1, -0.05) is 66.2 Å². The van der Waals surface area contributed by atoms with Gasteiger partial charge in [-0.2, -0.15) is 0 Å². The number of aryl methyl sites for hydroxylation is 2. The number of carbonyl (C=O) groups excluding carboxylic acids is 3. The number of ether oxygens (including phenoxy) is 1. The van der Waals surface area contributed by atoms with Crippen LogP contribution in [0.25, 0.3) is 0 Å². The highest BCUT2D eigenvalue weighted by Gasteiger charge is 2.20. The van der Waals surface area contributed by atoms with E-state index < -0.39 is 24.5 Å². The Hall–Kier alpha value is -3.93. The maximum absolute atomic E-state index is 12.6. The van der Waals surface area contributed by atoms with E-state index in [9.17, 15) is 14.4 Å². The molecular weight excluding hydrogens is 404 g/mol. The molecule has 0 aliphatic heterocycles. The summed E-state index contributed by atoms with van der Waals surface area (Å²) in [5.74, 6) is -1.29. The molecule has 1 unspecified atom stereocenters. The predicted molar refractivity (Wildman–Crippen MR) is 123 cm³/mol. The standard InChI is InChI=1S/C26H26N2O4/c1-18-13-14-22(19(2)15-18)27-24(29)17-32-25(30)16-23(20-9-5-3-6-10-20)28-26(31)21-11-7-4-8-12-21/h3-15,23H,16-17H2,1-2H3,(H,27,29)(H,28,31). The molecule has 0 heterocycles. The lowest BCUT2D eigenvalue weighted by molar-refractivity contribution is -0.147. The Kier molecular flexibility index (Phi) is 7.75. The zero-order valence-electron chi connectivity index (χ0n) is 18.1. The molecule has 0 bridgehead atoms. The number of anilines is 1. The molecule has 0 saturated carbocycles. The number of esters is 1. The summed E-state index contributed by atoms with van der Waals surface area (Å²) in [6, 6.07) is 23.0. The van der Waals surface area contributed by atoms with E-state index in [1.54, 1.807) is 24.3 Å². The molecule has 0 spiro atoms. The molecule has 0 aliphatic carbocycles. The van der Waals surface area contributed by atoms with Crippen LogP contribution in [-0.2, 0) is 14.3 Å². The average Bonchev–Trinajstić information content (AvgIpc) is 2.80. The van der Waals surface area contributed by atoms with Crippen molar-refractivity contribution < 1.29 is 19.1 Å². The van der Waals surface area contributed by atoms with Gasteiger partial charge in [0.25, 0.3) is 11.8 Å². The maximum Gasteiger partial charge on any atom is 0.308 e. The summed E-state index contributed by atoms with van der Waals surface area (Å²) in [5.41, 5.74) is 3.96. The van der Waals surface area contributed by atoms with Crippen molar-refractivity contribution >= 4 is 23.5 Å². The summed E-state index contributed by atoms with van der Waals surface area (Å²) in [4.78, 5) is 37.3. The average molecular weight is 431 g/mol. The van der Waals surface area contributed by atoms with Gasteiger partial charge < -0.3 is 15.4 Å². The molecule has 6 heteroatoms. The second kappa shape index (κ2) is 10.9. The molecule has 2 N–H and O–H groups in total. The summed E-state index contributed by atoms with van der Waals surface area (Å²) < 4.78 is 5.18. The summed E-state index contributed by atoms with van der Waals surface area (Å²) >= 11 is 0. The van der Waals surface area contributed by atoms with Crippen molar-refractivity contribution in [3.05, 3.63) is 101 Å². The molecule has 6 nitrogen and oxygen atoms in total. The second-order valence-electron chi connectivity index (χ2n) is 7.53. The third-order valence-corrected chi connectivity index (χ3v) is 4.93. The molecule has 0 fully saturated rings. The lowest BCUT2D eigenvalue weighted by Crippen LogP contribution is -2.31. The predicted octanol–water partition coefficient (Wildman–Crippen LogP) is 4.35. The number of nitrogens with one attached hydrogen (secondary N) is 2. The zero-order chi connectivity index (χ0) is 22.9. The molecule has 0 aliphatic rings. The third kappa shape index (κ3) is 6.54. The van der Waals surface area contributed by atoms with Gasteiger partial charge in [0.1, 0.15) is 0 Å². The molecule has 0 saturated heterocycles. The Morgan fingerprint density at radius 2 is 1.53 bits per heavy atom. The van der Waals surface area contributed by atoms with Gasteiger partial charge in [0.15, 0.2) is 6.61 Å². The molecule has 32 heavy (non-hydrogen) atoms. The zero-order valence-corrected chi connectivity index (χ0v) is 18.1. The van der Waals surface area contributed by atoms with Crippen molar-refractivity contribution in [1.82, 2.24) is 5.32 Å². The highest BCUT2D eigenvalue weighted by Crippen LogP contribution is 2.19. The van der Waals surface area contributed by atoms with E-state index in [4.69, 9.17) is 4.74 Å². The lowest BCUT2D eigenvalue weighted by atomic mass is 10.0. The summed E-state index contributed by atoms with van der Waals surface area (Å²) in [5, 5.41) is 5.63. The molecule has 3 aromatic carbocycles. The van der Waals surface area contributed by atoms with Crippen LogP contribution in [0.15, 0.2) is 78.9 Å². The molecule has 1 atom stereocenters. The van der Waals surface area contributed by atoms with Crippen LogP contribution in [0.3, 0.4) is 0 Å². The number of hydrogen-bond donors (Lipinski definition) is 2. The monoisotopic (exact) mass is 430 g/mol. The molecule has 0 radical (unpaired) electrons. The molecule has 3 rings (SSSR count). The Labute approximate surface area is 187 Å². The highest BCUT2D eigenvalue weighted by atomic mass is 16.5. The van der Waals surface area contributed by atoms with Crippen molar-refractivity contribution in [2.75, 3.05) is 11.9 Å².